The van der Waals surface area contributed by atoms with E-state index in [4.69, 9.17) is 5.11 Å². The van der Waals surface area contributed by atoms with Gasteiger partial charge in [0.25, 0.3) is 5.91 Å². The number of unbranched alkanes of at least 4 members (excludes halogenated alkanes) is 1. The molecule has 1 aromatic rings. The zero-order valence-corrected chi connectivity index (χ0v) is 10.7. The smallest absolute Gasteiger partial charge is 0.251 e. The molecule has 0 saturated heterocycles. The molecule has 1 aromatic carbocycles. The SMILES string of the molecule is CCCCNC(=O)c1ccc(C#CCCO)cc1. The van der Waals surface area contributed by atoms with Crippen molar-refractivity contribution in [1.29, 1.82) is 0 Å². The van der Waals surface area contributed by atoms with Crippen LogP contribution in [0.2, 0.25) is 0 Å². The van der Waals surface area contributed by atoms with Gasteiger partial charge >= 0.3 is 0 Å². The van der Waals surface area contributed by atoms with E-state index in [0.717, 1.165) is 18.4 Å². The zero-order valence-electron chi connectivity index (χ0n) is 10.7. The molecule has 3 heteroatoms. The Bertz CT molecular complexity index is 426. The molecule has 3 nitrogen and oxygen atoms in total. The van der Waals surface area contributed by atoms with Crippen LogP contribution in [0.25, 0.3) is 0 Å². The molecular formula is C15H19NO2. The first-order valence-electron chi connectivity index (χ1n) is 6.26. The number of hydrogen-bond donors (Lipinski definition) is 2. The minimum atomic E-state index is -0.0432. The zero-order chi connectivity index (χ0) is 13.2. The number of carbonyl (C=O) groups is 1. The van der Waals surface area contributed by atoms with E-state index < -0.39 is 0 Å². The Balaban J connectivity index is 2.54. The van der Waals surface area contributed by atoms with Gasteiger partial charge in [-0.1, -0.05) is 25.2 Å². The van der Waals surface area contributed by atoms with Crippen LogP contribution in [0.15, 0.2) is 24.3 Å². The van der Waals surface area contributed by atoms with E-state index in [0.29, 0.717) is 18.5 Å². The van der Waals surface area contributed by atoms with Gasteiger partial charge < -0.3 is 10.4 Å². The third kappa shape index (κ3) is 5.03. The van der Waals surface area contributed by atoms with Gasteiger partial charge in [0.15, 0.2) is 0 Å². The molecular weight excluding hydrogens is 226 g/mol. The molecule has 0 saturated carbocycles. The second kappa shape index (κ2) is 8.32. The molecule has 0 spiro atoms. The van der Waals surface area contributed by atoms with Crippen molar-refractivity contribution in [3.63, 3.8) is 0 Å². The van der Waals surface area contributed by atoms with Crippen LogP contribution in [0.3, 0.4) is 0 Å². The maximum absolute atomic E-state index is 11.7. The van der Waals surface area contributed by atoms with E-state index in [1.54, 1.807) is 12.1 Å². The van der Waals surface area contributed by atoms with Gasteiger partial charge in [0.05, 0.1) is 6.61 Å². The molecule has 2 N–H and O–H groups in total. The normalized spacial score (nSPS) is 9.44. The van der Waals surface area contributed by atoms with Gasteiger partial charge in [0.2, 0.25) is 0 Å². The molecule has 0 aliphatic heterocycles. The maximum Gasteiger partial charge on any atom is 0.251 e. The van der Waals surface area contributed by atoms with E-state index in [1.807, 2.05) is 12.1 Å². The highest BCUT2D eigenvalue weighted by molar-refractivity contribution is 5.94. The number of hydrogen-bond acceptors (Lipinski definition) is 2. The van der Waals surface area contributed by atoms with Gasteiger partial charge in [0.1, 0.15) is 0 Å². The summed E-state index contributed by atoms with van der Waals surface area (Å²) in [6.45, 7) is 2.88. The molecule has 96 valence electrons. The monoisotopic (exact) mass is 245 g/mol. The standard InChI is InChI=1S/C15H19NO2/c1-2-3-11-16-15(18)14-9-7-13(8-10-14)6-4-5-12-17/h7-10,17H,2-3,5,11-12H2,1H3,(H,16,18). The number of aliphatic hydroxyl groups excluding tert-OH is 1. The van der Waals surface area contributed by atoms with Gasteiger partial charge in [-0.15, -0.1) is 0 Å². The van der Waals surface area contributed by atoms with Crippen LogP contribution < -0.4 is 5.32 Å². The Morgan fingerprint density at radius 1 is 1.33 bits per heavy atom. The number of amides is 1. The molecule has 0 aliphatic carbocycles. The van der Waals surface area contributed by atoms with Crippen molar-refractivity contribution >= 4 is 5.91 Å². The Hall–Kier alpha value is -1.79. The van der Waals surface area contributed by atoms with E-state index in [-0.39, 0.29) is 12.5 Å². The first kappa shape index (κ1) is 14.3. The van der Waals surface area contributed by atoms with E-state index >= 15 is 0 Å². The Kier molecular flexibility index (Phi) is 6.60. The van der Waals surface area contributed by atoms with Crippen LogP contribution in [-0.2, 0) is 0 Å². The first-order valence-corrected chi connectivity index (χ1v) is 6.26. The summed E-state index contributed by atoms with van der Waals surface area (Å²) in [7, 11) is 0. The molecule has 0 aliphatic rings. The van der Waals surface area contributed by atoms with Gasteiger partial charge in [-0.25, -0.2) is 0 Å². The van der Waals surface area contributed by atoms with Crippen molar-refractivity contribution in [3.05, 3.63) is 35.4 Å². The summed E-state index contributed by atoms with van der Waals surface area (Å²) in [5, 5.41) is 11.5. The lowest BCUT2D eigenvalue weighted by Crippen LogP contribution is -2.24. The van der Waals surface area contributed by atoms with E-state index in [1.165, 1.54) is 0 Å². The predicted octanol–water partition coefficient (Wildman–Crippen LogP) is 1.95. The maximum atomic E-state index is 11.7. The van der Waals surface area contributed by atoms with Crippen LogP contribution in [0.5, 0.6) is 0 Å². The van der Waals surface area contributed by atoms with Crippen molar-refractivity contribution in [2.45, 2.75) is 26.2 Å². The number of aliphatic hydroxyl groups is 1. The van der Waals surface area contributed by atoms with Crippen LogP contribution in [-0.4, -0.2) is 24.2 Å². The van der Waals surface area contributed by atoms with Crippen LogP contribution >= 0.6 is 0 Å². The Morgan fingerprint density at radius 3 is 2.67 bits per heavy atom. The average Bonchev–Trinajstić information content (AvgIpc) is 2.40. The third-order valence-electron chi connectivity index (χ3n) is 2.43. The molecule has 0 unspecified atom stereocenters. The van der Waals surface area contributed by atoms with Gasteiger partial charge in [-0.3, -0.25) is 4.79 Å². The summed E-state index contributed by atoms with van der Waals surface area (Å²) in [4.78, 5) is 11.7. The fraction of sp³-hybridized carbons (Fsp3) is 0.400. The molecule has 0 aromatic heterocycles. The predicted molar refractivity (Wildman–Crippen MR) is 72.3 cm³/mol. The minimum Gasteiger partial charge on any atom is -0.395 e. The van der Waals surface area contributed by atoms with Crippen LogP contribution in [0.4, 0.5) is 0 Å². The summed E-state index contributed by atoms with van der Waals surface area (Å²) in [5.74, 6) is 5.72. The van der Waals surface area contributed by atoms with Crippen LogP contribution in [0, 0.1) is 11.8 Å². The lowest BCUT2D eigenvalue weighted by molar-refractivity contribution is 0.0953. The van der Waals surface area contributed by atoms with Gasteiger partial charge in [-0.05, 0) is 30.7 Å². The van der Waals surface area contributed by atoms with Crippen molar-refractivity contribution < 1.29 is 9.90 Å². The molecule has 1 rings (SSSR count). The highest BCUT2D eigenvalue weighted by atomic mass is 16.2. The molecule has 0 atom stereocenters. The van der Waals surface area contributed by atoms with Crippen molar-refractivity contribution in [1.82, 2.24) is 5.32 Å². The number of nitrogens with one attached hydrogen (secondary N) is 1. The van der Waals surface area contributed by atoms with Crippen molar-refractivity contribution in [3.8, 4) is 11.8 Å². The quantitative estimate of drug-likeness (QED) is 0.615. The minimum absolute atomic E-state index is 0.0432. The molecule has 18 heavy (non-hydrogen) atoms. The average molecular weight is 245 g/mol. The summed E-state index contributed by atoms with van der Waals surface area (Å²) >= 11 is 0. The summed E-state index contributed by atoms with van der Waals surface area (Å²) < 4.78 is 0. The van der Waals surface area contributed by atoms with Gasteiger partial charge in [-0.2, -0.15) is 0 Å². The molecule has 0 heterocycles. The van der Waals surface area contributed by atoms with Crippen LogP contribution in [0.1, 0.15) is 42.1 Å². The molecule has 1 amide bonds. The van der Waals surface area contributed by atoms with Crippen molar-refractivity contribution in [2.24, 2.45) is 0 Å². The molecule has 0 fully saturated rings. The highest BCUT2D eigenvalue weighted by Gasteiger charge is 2.03. The van der Waals surface area contributed by atoms with E-state index in [9.17, 15) is 4.79 Å². The summed E-state index contributed by atoms with van der Waals surface area (Å²) in [5.41, 5.74) is 1.51. The second-order valence-corrected chi connectivity index (χ2v) is 3.96. The Morgan fingerprint density at radius 2 is 2.06 bits per heavy atom. The number of carbonyl (C=O) groups excluding carboxylic acids is 1. The van der Waals surface area contributed by atoms with Crippen molar-refractivity contribution in [2.75, 3.05) is 13.2 Å². The lowest BCUT2D eigenvalue weighted by Gasteiger charge is -2.03. The van der Waals surface area contributed by atoms with E-state index in [2.05, 4.69) is 24.1 Å². The fourth-order valence-corrected chi connectivity index (χ4v) is 1.41. The lowest BCUT2D eigenvalue weighted by atomic mass is 10.1. The fourth-order valence-electron chi connectivity index (χ4n) is 1.41. The Labute approximate surface area is 108 Å². The summed E-state index contributed by atoms with van der Waals surface area (Å²) in [6, 6.07) is 7.17. The van der Waals surface area contributed by atoms with Gasteiger partial charge in [0, 0.05) is 24.1 Å². The molecule has 0 radical (unpaired) electrons. The topological polar surface area (TPSA) is 49.3 Å². The third-order valence-corrected chi connectivity index (χ3v) is 2.43. The molecule has 0 bridgehead atoms. The number of benzene rings is 1. The highest BCUT2D eigenvalue weighted by Crippen LogP contribution is 2.03. The first-order chi connectivity index (χ1) is 8.77. The summed E-state index contributed by atoms with van der Waals surface area (Å²) in [6.07, 6.45) is 2.54. The number of rotatable bonds is 5. The largest absolute Gasteiger partial charge is 0.395 e. The second-order valence-electron chi connectivity index (χ2n) is 3.96.